The molecule has 2 aliphatic rings. The Kier molecular flexibility index (Phi) is 5.22. The number of fused-ring (bicyclic) bond motifs is 3. The van der Waals surface area contributed by atoms with Crippen LogP contribution in [0.5, 0.6) is 17.4 Å². The van der Waals surface area contributed by atoms with Crippen LogP contribution >= 0.6 is 0 Å². The van der Waals surface area contributed by atoms with Crippen LogP contribution in [-0.4, -0.2) is 40.3 Å². The molecule has 0 amide bonds. The zero-order valence-electron chi connectivity index (χ0n) is 17.3. The highest BCUT2D eigenvalue weighted by Crippen LogP contribution is 2.30. The molecule has 1 unspecified atom stereocenters. The number of anilines is 1. The number of nitrogens with zero attached hydrogens (tertiary/aromatic N) is 4. The third kappa shape index (κ3) is 3.89. The SMILES string of the molecule is Cc1ccc(Oc2c(F)cc(COc3cc4n(c(=O)n3)CC3COCCN43)cc2F)cn1. The van der Waals surface area contributed by atoms with Crippen molar-refractivity contribution in [2.75, 3.05) is 24.7 Å². The first-order chi connectivity index (χ1) is 15.5. The number of aryl methyl sites for hydroxylation is 1. The molecule has 10 heteroatoms. The number of aromatic nitrogens is 3. The van der Waals surface area contributed by atoms with E-state index >= 15 is 0 Å². The van der Waals surface area contributed by atoms with Crippen LogP contribution in [0, 0.1) is 18.6 Å². The lowest BCUT2D eigenvalue weighted by Crippen LogP contribution is -2.43. The molecule has 0 aliphatic carbocycles. The molecule has 2 aliphatic heterocycles. The molecule has 1 atom stereocenters. The molecule has 2 aromatic heterocycles. The Balaban J connectivity index is 1.32. The van der Waals surface area contributed by atoms with Gasteiger partial charge in [0.25, 0.3) is 0 Å². The van der Waals surface area contributed by atoms with E-state index in [1.54, 1.807) is 29.7 Å². The second-order valence-corrected chi connectivity index (χ2v) is 7.68. The van der Waals surface area contributed by atoms with Crippen molar-refractivity contribution in [2.24, 2.45) is 0 Å². The van der Waals surface area contributed by atoms with Crippen molar-refractivity contribution >= 4 is 5.82 Å². The fourth-order valence-corrected chi connectivity index (χ4v) is 3.86. The average Bonchev–Trinajstić information content (AvgIpc) is 3.16. The monoisotopic (exact) mass is 442 g/mol. The summed E-state index contributed by atoms with van der Waals surface area (Å²) in [6, 6.07) is 7.26. The highest BCUT2D eigenvalue weighted by molar-refractivity contribution is 5.47. The maximum absolute atomic E-state index is 14.5. The molecule has 0 radical (unpaired) electrons. The lowest BCUT2D eigenvalue weighted by molar-refractivity contribution is 0.0956. The summed E-state index contributed by atoms with van der Waals surface area (Å²) in [5.74, 6) is -1.24. The van der Waals surface area contributed by atoms with Gasteiger partial charge in [0.05, 0.1) is 32.0 Å². The van der Waals surface area contributed by atoms with Gasteiger partial charge in [0.15, 0.2) is 17.4 Å². The molecule has 1 saturated heterocycles. The topological polar surface area (TPSA) is 78.7 Å². The van der Waals surface area contributed by atoms with Crippen LogP contribution in [-0.2, 0) is 17.9 Å². The molecule has 0 N–H and O–H groups in total. The van der Waals surface area contributed by atoms with Crippen LogP contribution in [0.15, 0.2) is 41.3 Å². The zero-order valence-corrected chi connectivity index (χ0v) is 17.3. The van der Waals surface area contributed by atoms with E-state index in [1.165, 1.54) is 6.20 Å². The molecule has 1 fully saturated rings. The van der Waals surface area contributed by atoms with Crippen LogP contribution in [0.3, 0.4) is 0 Å². The first kappa shape index (κ1) is 20.4. The Labute approximate surface area is 182 Å². The largest absolute Gasteiger partial charge is 0.473 e. The Morgan fingerprint density at radius 3 is 2.78 bits per heavy atom. The molecule has 4 heterocycles. The standard InChI is InChI=1S/C22H20F2N4O4/c1-13-2-3-16(9-25-13)32-21-17(23)6-14(7-18(21)24)11-31-19-8-20-27-4-5-30-12-15(27)10-28(20)22(29)26-19/h2-3,6-9,15H,4-5,10-12H2,1H3. The second kappa shape index (κ2) is 8.19. The van der Waals surface area contributed by atoms with Crippen molar-refractivity contribution < 1.29 is 23.0 Å². The molecule has 3 aromatic rings. The van der Waals surface area contributed by atoms with Crippen molar-refractivity contribution in [2.45, 2.75) is 26.1 Å². The average molecular weight is 442 g/mol. The lowest BCUT2D eigenvalue weighted by Gasteiger charge is -2.30. The van der Waals surface area contributed by atoms with Gasteiger partial charge in [0.2, 0.25) is 5.88 Å². The van der Waals surface area contributed by atoms with Crippen molar-refractivity contribution in [3.05, 3.63) is 69.9 Å². The van der Waals surface area contributed by atoms with Gasteiger partial charge in [-0.1, -0.05) is 0 Å². The van der Waals surface area contributed by atoms with E-state index < -0.39 is 23.1 Å². The summed E-state index contributed by atoms with van der Waals surface area (Å²) in [6.07, 6.45) is 1.39. The van der Waals surface area contributed by atoms with E-state index in [0.29, 0.717) is 32.1 Å². The van der Waals surface area contributed by atoms with Crippen LogP contribution in [0.4, 0.5) is 14.6 Å². The molecule has 8 nitrogen and oxygen atoms in total. The predicted octanol–water partition coefficient (Wildman–Crippen LogP) is 2.82. The Morgan fingerprint density at radius 1 is 1.22 bits per heavy atom. The zero-order chi connectivity index (χ0) is 22.2. The summed E-state index contributed by atoms with van der Waals surface area (Å²) in [5, 5.41) is 0. The van der Waals surface area contributed by atoms with Crippen molar-refractivity contribution in [1.29, 1.82) is 0 Å². The number of halogens is 2. The molecular weight excluding hydrogens is 422 g/mol. The molecule has 5 rings (SSSR count). The normalized spacial score (nSPS) is 17.1. The quantitative estimate of drug-likeness (QED) is 0.601. The van der Waals surface area contributed by atoms with Gasteiger partial charge in [-0.05, 0) is 36.8 Å². The van der Waals surface area contributed by atoms with E-state index in [-0.39, 0.29) is 29.8 Å². The van der Waals surface area contributed by atoms with Crippen LogP contribution in [0.25, 0.3) is 0 Å². The molecule has 32 heavy (non-hydrogen) atoms. The third-order valence-electron chi connectivity index (χ3n) is 5.43. The minimum absolute atomic E-state index is 0.0907. The van der Waals surface area contributed by atoms with E-state index in [0.717, 1.165) is 17.8 Å². The fraction of sp³-hybridized carbons (Fsp3) is 0.318. The molecule has 1 aromatic carbocycles. The number of benzene rings is 1. The van der Waals surface area contributed by atoms with Gasteiger partial charge < -0.3 is 19.1 Å². The van der Waals surface area contributed by atoms with E-state index in [9.17, 15) is 13.6 Å². The van der Waals surface area contributed by atoms with Gasteiger partial charge in [0, 0.05) is 18.3 Å². The summed E-state index contributed by atoms with van der Waals surface area (Å²) in [6.45, 7) is 3.93. The van der Waals surface area contributed by atoms with Crippen LogP contribution in [0.2, 0.25) is 0 Å². The van der Waals surface area contributed by atoms with Gasteiger partial charge >= 0.3 is 5.69 Å². The van der Waals surface area contributed by atoms with Gasteiger partial charge in [-0.25, -0.2) is 13.6 Å². The van der Waals surface area contributed by atoms with Crippen LogP contribution < -0.4 is 20.1 Å². The lowest BCUT2D eigenvalue weighted by atomic mass is 10.2. The van der Waals surface area contributed by atoms with Crippen LogP contribution in [0.1, 0.15) is 11.3 Å². The van der Waals surface area contributed by atoms with Crippen molar-refractivity contribution in [3.8, 4) is 17.4 Å². The molecule has 0 saturated carbocycles. The number of hydrogen-bond acceptors (Lipinski definition) is 7. The van der Waals surface area contributed by atoms with Gasteiger partial charge in [-0.2, -0.15) is 4.98 Å². The minimum Gasteiger partial charge on any atom is -0.473 e. The maximum Gasteiger partial charge on any atom is 0.352 e. The Morgan fingerprint density at radius 2 is 2.03 bits per heavy atom. The molecule has 166 valence electrons. The third-order valence-corrected chi connectivity index (χ3v) is 5.43. The predicted molar refractivity (Wildman–Crippen MR) is 110 cm³/mol. The smallest absolute Gasteiger partial charge is 0.352 e. The summed E-state index contributed by atoms with van der Waals surface area (Å²) in [4.78, 5) is 22.5. The highest BCUT2D eigenvalue weighted by Gasteiger charge is 2.33. The van der Waals surface area contributed by atoms with E-state index in [1.807, 2.05) is 0 Å². The van der Waals surface area contributed by atoms with E-state index in [4.69, 9.17) is 14.2 Å². The summed E-state index contributed by atoms with van der Waals surface area (Å²) < 4.78 is 47.0. The molecule has 0 spiro atoms. The number of ether oxygens (including phenoxy) is 3. The van der Waals surface area contributed by atoms with Crippen molar-refractivity contribution in [1.82, 2.24) is 14.5 Å². The number of hydrogen-bond donors (Lipinski definition) is 0. The van der Waals surface area contributed by atoms with Crippen molar-refractivity contribution in [3.63, 3.8) is 0 Å². The maximum atomic E-state index is 14.5. The minimum atomic E-state index is -0.873. The first-order valence-electron chi connectivity index (χ1n) is 10.2. The summed E-state index contributed by atoms with van der Waals surface area (Å²) >= 11 is 0. The Hall–Kier alpha value is -3.53. The number of pyridine rings is 1. The fourth-order valence-electron chi connectivity index (χ4n) is 3.86. The van der Waals surface area contributed by atoms with E-state index in [2.05, 4.69) is 14.9 Å². The first-order valence-corrected chi connectivity index (χ1v) is 10.2. The van der Waals surface area contributed by atoms with Gasteiger partial charge in [-0.15, -0.1) is 0 Å². The van der Waals surface area contributed by atoms with Gasteiger partial charge in [0.1, 0.15) is 18.2 Å². The number of rotatable bonds is 5. The molecular formula is C22H20F2N4O4. The number of morpholine rings is 1. The highest BCUT2D eigenvalue weighted by atomic mass is 19.1. The second-order valence-electron chi connectivity index (χ2n) is 7.68. The Bertz CT molecular complexity index is 1190. The summed E-state index contributed by atoms with van der Waals surface area (Å²) in [7, 11) is 0. The molecule has 0 bridgehead atoms. The summed E-state index contributed by atoms with van der Waals surface area (Å²) in [5.41, 5.74) is 0.565. The van der Waals surface area contributed by atoms with Gasteiger partial charge in [-0.3, -0.25) is 9.55 Å².